The summed E-state index contributed by atoms with van der Waals surface area (Å²) in [7, 11) is 0. The highest BCUT2D eigenvalue weighted by Crippen LogP contribution is 2.25. The number of piperidine rings is 1. The lowest BCUT2D eigenvalue weighted by atomic mass is 9.85. The summed E-state index contributed by atoms with van der Waals surface area (Å²) in [6, 6.07) is 5.94. The van der Waals surface area contributed by atoms with Gasteiger partial charge in [0, 0.05) is 30.9 Å². The van der Waals surface area contributed by atoms with Crippen LogP contribution in [0, 0.1) is 0 Å². The molecule has 2 aromatic heterocycles. The third kappa shape index (κ3) is 4.84. The molecule has 0 radical (unpaired) electrons. The summed E-state index contributed by atoms with van der Waals surface area (Å²) in [6.07, 6.45) is 10.6. The molecule has 0 aromatic carbocycles. The minimum Gasteiger partial charge on any atom is -0.362 e. The lowest BCUT2D eigenvalue weighted by Gasteiger charge is -2.38. The topological polar surface area (TPSA) is 112 Å². The van der Waals surface area contributed by atoms with Crippen LogP contribution in [0.25, 0.3) is 6.08 Å². The van der Waals surface area contributed by atoms with Crippen LogP contribution in [0.15, 0.2) is 42.9 Å². The number of rotatable bonds is 6. The number of hydrogen-bond donors (Lipinski definition) is 4. The second-order valence-electron chi connectivity index (χ2n) is 6.32. The molecule has 136 valence electrons. The molecule has 2 aromatic rings. The summed E-state index contributed by atoms with van der Waals surface area (Å²) in [5, 5.41) is 15.5. The monoisotopic (exact) mass is 354 g/mol. The lowest BCUT2D eigenvalue weighted by molar-refractivity contribution is -0.124. The molecule has 26 heavy (non-hydrogen) atoms. The number of carbonyl (C=O) groups excluding carboxylic acids is 1. The number of anilines is 1. The van der Waals surface area contributed by atoms with Gasteiger partial charge in [0.1, 0.15) is 5.82 Å². The van der Waals surface area contributed by atoms with Gasteiger partial charge in [-0.1, -0.05) is 6.07 Å². The normalized spacial score (nSPS) is 20.0. The van der Waals surface area contributed by atoms with Crippen molar-refractivity contribution in [2.24, 2.45) is 0 Å². The third-order valence-corrected chi connectivity index (χ3v) is 4.30. The number of hydrogen-bond acceptors (Lipinski definition) is 7. The molecular formula is C18H22N6O2. The van der Waals surface area contributed by atoms with Gasteiger partial charge in [-0.25, -0.2) is 10.5 Å². The van der Waals surface area contributed by atoms with E-state index < -0.39 is 5.91 Å². The van der Waals surface area contributed by atoms with Crippen LogP contribution < -0.4 is 16.1 Å². The molecule has 1 atom stereocenters. The number of nitrogens with zero attached hydrogens (tertiary/aromatic N) is 3. The van der Waals surface area contributed by atoms with Crippen LogP contribution in [0.4, 0.5) is 5.82 Å². The van der Waals surface area contributed by atoms with E-state index in [1.54, 1.807) is 12.4 Å². The smallest absolute Gasteiger partial charge is 0.267 e. The van der Waals surface area contributed by atoms with E-state index in [-0.39, 0.29) is 5.54 Å². The molecule has 0 spiro atoms. The standard InChI is InChI=1S/C18H22N6O2/c25-17(24-26)6-5-15-11-22-16(12-21-15)23-18(7-3-8-19-13-18)10-14-4-1-2-9-20-14/h1-2,4-6,9,11-12,19,26H,3,7-8,10,13H2,(H,22,23)(H,24,25)/b6-5+/t18-/m1/s1. The molecule has 3 rings (SSSR count). The zero-order chi connectivity index (χ0) is 18.2. The predicted molar refractivity (Wildman–Crippen MR) is 97.4 cm³/mol. The highest BCUT2D eigenvalue weighted by atomic mass is 16.5. The van der Waals surface area contributed by atoms with Crippen molar-refractivity contribution < 1.29 is 10.0 Å². The minimum absolute atomic E-state index is 0.171. The first-order valence-corrected chi connectivity index (χ1v) is 8.52. The maximum atomic E-state index is 11.0. The van der Waals surface area contributed by atoms with Gasteiger partial charge in [0.25, 0.3) is 5.91 Å². The van der Waals surface area contributed by atoms with Crippen molar-refractivity contribution >= 4 is 17.8 Å². The Kier molecular flexibility index (Phi) is 5.88. The lowest BCUT2D eigenvalue weighted by Crippen LogP contribution is -2.53. The number of carbonyl (C=O) groups is 1. The highest BCUT2D eigenvalue weighted by Gasteiger charge is 2.33. The predicted octanol–water partition coefficient (Wildman–Crippen LogP) is 1.17. The Balaban J connectivity index is 1.72. The fourth-order valence-corrected chi connectivity index (χ4v) is 3.08. The Labute approximate surface area is 151 Å². The van der Waals surface area contributed by atoms with Crippen LogP contribution in [-0.4, -0.2) is 44.7 Å². The molecule has 1 aliphatic rings. The molecule has 1 fully saturated rings. The number of nitrogens with one attached hydrogen (secondary N) is 3. The molecule has 0 unspecified atom stereocenters. The Morgan fingerprint density at radius 2 is 2.23 bits per heavy atom. The van der Waals surface area contributed by atoms with Gasteiger partial charge in [-0.3, -0.25) is 20.0 Å². The van der Waals surface area contributed by atoms with Crippen molar-refractivity contribution in [1.82, 2.24) is 25.7 Å². The average molecular weight is 354 g/mol. The van der Waals surface area contributed by atoms with E-state index in [1.165, 1.54) is 17.6 Å². The van der Waals surface area contributed by atoms with Crippen molar-refractivity contribution in [3.63, 3.8) is 0 Å². The molecule has 0 aliphatic carbocycles. The van der Waals surface area contributed by atoms with Crippen LogP contribution in [-0.2, 0) is 11.2 Å². The third-order valence-electron chi connectivity index (χ3n) is 4.30. The van der Waals surface area contributed by atoms with E-state index in [0.29, 0.717) is 11.5 Å². The first kappa shape index (κ1) is 18.0. The first-order chi connectivity index (χ1) is 12.7. The zero-order valence-electron chi connectivity index (χ0n) is 14.4. The van der Waals surface area contributed by atoms with E-state index >= 15 is 0 Å². The van der Waals surface area contributed by atoms with Crippen molar-refractivity contribution in [2.75, 3.05) is 18.4 Å². The largest absolute Gasteiger partial charge is 0.362 e. The summed E-state index contributed by atoms with van der Waals surface area (Å²) in [6.45, 7) is 1.83. The number of amides is 1. The van der Waals surface area contributed by atoms with E-state index in [0.717, 1.165) is 38.0 Å². The van der Waals surface area contributed by atoms with Gasteiger partial charge in [0.2, 0.25) is 0 Å². The van der Waals surface area contributed by atoms with Gasteiger partial charge in [0.05, 0.1) is 23.6 Å². The maximum absolute atomic E-state index is 11.0. The van der Waals surface area contributed by atoms with Gasteiger partial charge in [0.15, 0.2) is 0 Å². The van der Waals surface area contributed by atoms with Crippen LogP contribution in [0.1, 0.15) is 24.2 Å². The molecule has 1 amide bonds. The minimum atomic E-state index is -0.614. The van der Waals surface area contributed by atoms with Crippen molar-refractivity contribution in [3.05, 3.63) is 54.3 Å². The number of hydroxylamine groups is 1. The molecule has 1 saturated heterocycles. The number of aromatic nitrogens is 3. The molecule has 1 aliphatic heterocycles. The van der Waals surface area contributed by atoms with E-state index in [9.17, 15) is 4.79 Å². The quantitative estimate of drug-likeness (QED) is 0.350. The number of pyridine rings is 1. The SMILES string of the molecule is O=C(/C=C/c1cnc(N[C@@]2(Cc3ccccn3)CCCNC2)cn1)NO. The summed E-state index contributed by atoms with van der Waals surface area (Å²) in [4.78, 5) is 24.1. The molecule has 0 saturated carbocycles. The Morgan fingerprint density at radius 1 is 1.31 bits per heavy atom. The highest BCUT2D eigenvalue weighted by molar-refractivity contribution is 5.90. The van der Waals surface area contributed by atoms with Crippen molar-refractivity contribution in [1.29, 1.82) is 0 Å². The van der Waals surface area contributed by atoms with Gasteiger partial charge in [-0.15, -0.1) is 0 Å². The average Bonchev–Trinajstić information content (AvgIpc) is 2.68. The molecule has 4 N–H and O–H groups in total. The summed E-state index contributed by atoms with van der Waals surface area (Å²) in [5.74, 6) is 0.0602. The van der Waals surface area contributed by atoms with Gasteiger partial charge in [-0.05, 0) is 37.6 Å². The Hall–Kier alpha value is -2.84. The molecular weight excluding hydrogens is 332 g/mol. The molecule has 3 heterocycles. The van der Waals surface area contributed by atoms with E-state index in [1.807, 2.05) is 24.4 Å². The van der Waals surface area contributed by atoms with Gasteiger partial charge < -0.3 is 10.6 Å². The molecule has 0 bridgehead atoms. The van der Waals surface area contributed by atoms with Crippen LogP contribution in [0.5, 0.6) is 0 Å². The van der Waals surface area contributed by atoms with Crippen LogP contribution >= 0.6 is 0 Å². The second-order valence-corrected chi connectivity index (χ2v) is 6.32. The fraction of sp³-hybridized carbons (Fsp3) is 0.333. The van der Waals surface area contributed by atoms with E-state index in [2.05, 4.69) is 25.6 Å². The first-order valence-electron chi connectivity index (χ1n) is 8.52. The van der Waals surface area contributed by atoms with Crippen LogP contribution in [0.2, 0.25) is 0 Å². The summed E-state index contributed by atoms with van der Waals surface area (Å²) < 4.78 is 0. The summed E-state index contributed by atoms with van der Waals surface area (Å²) in [5.41, 5.74) is 2.92. The molecule has 8 heteroatoms. The van der Waals surface area contributed by atoms with Gasteiger partial charge in [-0.2, -0.15) is 0 Å². The Bertz CT molecular complexity index is 742. The van der Waals surface area contributed by atoms with Crippen LogP contribution in [0.3, 0.4) is 0 Å². The molecule has 8 nitrogen and oxygen atoms in total. The van der Waals surface area contributed by atoms with Gasteiger partial charge >= 0.3 is 0 Å². The fourth-order valence-electron chi connectivity index (χ4n) is 3.08. The second kappa shape index (κ2) is 8.50. The van der Waals surface area contributed by atoms with Crippen molar-refractivity contribution in [2.45, 2.75) is 24.8 Å². The summed E-state index contributed by atoms with van der Waals surface area (Å²) >= 11 is 0. The Morgan fingerprint density at radius 3 is 2.88 bits per heavy atom. The van der Waals surface area contributed by atoms with E-state index in [4.69, 9.17) is 5.21 Å². The zero-order valence-corrected chi connectivity index (χ0v) is 14.4. The van der Waals surface area contributed by atoms with Crippen molar-refractivity contribution in [3.8, 4) is 0 Å². The maximum Gasteiger partial charge on any atom is 0.267 e.